The molecule has 0 spiro atoms. The summed E-state index contributed by atoms with van der Waals surface area (Å²) in [6.45, 7) is 5.25. The number of amides is 1. The van der Waals surface area contributed by atoms with Gasteiger partial charge in [0.15, 0.2) is 5.13 Å². The first-order valence-electron chi connectivity index (χ1n) is 9.72. The molecule has 8 heteroatoms. The minimum atomic E-state index is -0.512. The van der Waals surface area contributed by atoms with Crippen molar-refractivity contribution in [2.45, 2.75) is 46.3 Å². The van der Waals surface area contributed by atoms with E-state index in [0.717, 1.165) is 24.2 Å². The van der Waals surface area contributed by atoms with Crippen LogP contribution in [0.2, 0.25) is 0 Å². The Morgan fingerprint density at radius 2 is 2.03 bits per heavy atom. The van der Waals surface area contributed by atoms with Gasteiger partial charge in [0.2, 0.25) is 5.91 Å². The van der Waals surface area contributed by atoms with Crippen LogP contribution in [0.5, 0.6) is 0 Å². The molecule has 1 saturated carbocycles. The number of thiazole rings is 1. The standard InChI is InChI=1S/C22H22FN3O3S/c1-13-10-18(14(2)25(13)17-8-9-17)21(28)29-11-16-12-30-22(24-16)26(15(3)27)20-7-5-4-6-19(20)23/h4-7,10,12,17H,8-9,11H2,1-3H3. The number of carbonyl (C=O) groups is 2. The number of para-hydroxylation sites is 1. The molecule has 4 rings (SSSR count). The average molecular weight is 428 g/mol. The fraction of sp³-hybridized carbons (Fsp3) is 0.318. The predicted molar refractivity (Wildman–Crippen MR) is 113 cm³/mol. The summed E-state index contributed by atoms with van der Waals surface area (Å²) >= 11 is 1.19. The number of aromatic nitrogens is 2. The molecule has 0 bridgehead atoms. The first-order valence-corrected chi connectivity index (χ1v) is 10.6. The number of anilines is 2. The summed E-state index contributed by atoms with van der Waals surface area (Å²) in [5, 5.41) is 2.03. The van der Waals surface area contributed by atoms with Gasteiger partial charge in [0, 0.05) is 29.7 Å². The average Bonchev–Trinajstić information content (AvgIpc) is 3.34. The van der Waals surface area contributed by atoms with Gasteiger partial charge in [-0.3, -0.25) is 9.69 Å². The molecule has 0 unspecified atom stereocenters. The maximum Gasteiger partial charge on any atom is 0.340 e. The van der Waals surface area contributed by atoms with Crippen LogP contribution < -0.4 is 4.90 Å². The number of ether oxygens (including phenoxy) is 1. The van der Waals surface area contributed by atoms with E-state index in [4.69, 9.17) is 4.74 Å². The maximum atomic E-state index is 14.2. The van der Waals surface area contributed by atoms with Crippen molar-refractivity contribution >= 4 is 34.0 Å². The maximum absolute atomic E-state index is 14.2. The van der Waals surface area contributed by atoms with Crippen LogP contribution in [-0.4, -0.2) is 21.4 Å². The molecule has 0 N–H and O–H groups in total. The quantitative estimate of drug-likeness (QED) is 0.515. The third-order valence-electron chi connectivity index (χ3n) is 5.11. The van der Waals surface area contributed by atoms with Gasteiger partial charge in [-0.1, -0.05) is 12.1 Å². The number of rotatable bonds is 6. The molecule has 30 heavy (non-hydrogen) atoms. The monoisotopic (exact) mass is 427 g/mol. The molecule has 2 heterocycles. The molecule has 0 atom stereocenters. The van der Waals surface area contributed by atoms with Crippen molar-refractivity contribution in [3.05, 3.63) is 64.2 Å². The van der Waals surface area contributed by atoms with E-state index in [-0.39, 0.29) is 18.2 Å². The van der Waals surface area contributed by atoms with E-state index in [9.17, 15) is 14.0 Å². The zero-order valence-electron chi connectivity index (χ0n) is 17.0. The van der Waals surface area contributed by atoms with Crippen LogP contribution in [0, 0.1) is 19.7 Å². The number of hydrogen-bond acceptors (Lipinski definition) is 5. The molecule has 1 amide bonds. The molecule has 6 nitrogen and oxygen atoms in total. The van der Waals surface area contributed by atoms with Crippen molar-refractivity contribution in [2.75, 3.05) is 4.90 Å². The van der Waals surface area contributed by atoms with Crippen molar-refractivity contribution in [3.8, 4) is 0 Å². The Labute approximate surface area is 177 Å². The number of carbonyl (C=O) groups excluding carboxylic acids is 2. The van der Waals surface area contributed by atoms with E-state index in [1.807, 2.05) is 19.9 Å². The Morgan fingerprint density at radius 1 is 1.30 bits per heavy atom. The summed E-state index contributed by atoms with van der Waals surface area (Å²) in [4.78, 5) is 30.3. The van der Waals surface area contributed by atoms with E-state index < -0.39 is 11.8 Å². The molecule has 0 radical (unpaired) electrons. The van der Waals surface area contributed by atoms with Crippen LogP contribution in [0.1, 0.15) is 53.2 Å². The second-order valence-corrected chi connectivity index (χ2v) is 8.23. The summed E-state index contributed by atoms with van der Waals surface area (Å²) in [5.41, 5.74) is 3.17. The highest BCUT2D eigenvalue weighted by atomic mass is 32.1. The van der Waals surface area contributed by atoms with Gasteiger partial charge in [-0.25, -0.2) is 14.2 Å². The molecule has 3 aromatic rings. The highest BCUT2D eigenvalue weighted by Gasteiger charge is 2.29. The minimum Gasteiger partial charge on any atom is -0.455 e. The largest absolute Gasteiger partial charge is 0.455 e. The van der Waals surface area contributed by atoms with E-state index in [1.54, 1.807) is 17.5 Å². The van der Waals surface area contributed by atoms with Gasteiger partial charge in [-0.15, -0.1) is 11.3 Å². The molecule has 1 aliphatic carbocycles. The van der Waals surface area contributed by atoms with Gasteiger partial charge in [-0.05, 0) is 44.9 Å². The summed E-state index contributed by atoms with van der Waals surface area (Å²) in [7, 11) is 0. The van der Waals surface area contributed by atoms with Gasteiger partial charge >= 0.3 is 5.97 Å². The number of hydrogen-bond donors (Lipinski definition) is 0. The summed E-state index contributed by atoms with van der Waals surface area (Å²) in [6.07, 6.45) is 2.28. The SMILES string of the molecule is CC(=O)N(c1nc(COC(=O)c2cc(C)n(C3CC3)c2C)cs1)c1ccccc1F. The van der Waals surface area contributed by atoms with Gasteiger partial charge in [0.25, 0.3) is 0 Å². The molecule has 1 fully saturated rings. The molecule has 2 aromatic heterocycles. The third kappa shape index (κ3) is 3.87. The zero-order valence-corrected chi connectivity index (χ0v) is 17.8. The van der Waals surface area contributed by atoms with E-state index in [0.29, 0.717) is 22.4 Å². The van der Waals surface area contributed by atoms with Crippen molar-refractivity contribution in [3.63, 3.8) is 0 Å². The molecule has 1 aromatic carbocycles. The number of benzene rings is 1. The number of aryl methyl sites for hydroxylation is 1. The lowest BCUT2D eigenvalue weighted by molar-refractivity contribution is -0.115. The summed E-state index contributed by atoms with van der Waals surface area (Å²) < 4.78 is 21.8. The first-order chi connectivity index (χ1) is 14.4. The predicted octanol–water partition coefficient (Wildman–Crippen LogP) is 5.08. The number of esters is 1. The minimum absolute atomic E-state index is 0.0224. The van der Waals surface area contributed by atoms with E-state index >= 15 is 0 Å². The van der Waals surface area contributed by atoms with Gasteiger partial charge in [0.1, 0.15) is 12.4 Å². The Kier molecular flexibility index (Phi) is 5.42. The lowest BCUT2D eigenvalue weighted by Gasteiger charge is -2.18. The second-order valence-electron chi connectivity index (χ2n) is 7.39. The highest BCUT2D eigenvalue weighted by molar-refractivity contribution is 7.14. The van der Waals surface area contributed by atoms with Crippen molar-refractivity contribution in [2.24, 2.45) is 0 Å². The van der Waals surface area contributed by atoms with Crippen molar-refractivity contribution in [1.82, 2.24) is 9.55 Å². The second kappa shape index (κ2) is 8.02. The smallest absolute Gasteiger partial charge is 0.340 e. The Morgan fingerprint density at radius 3 is 2.70 bits per heavy atom. The molecular formula is C22H22FN3O3S. The lowest BCUT2D eigenvalue weighted by atomic mass is 10.2. The summed E-state index contributed by atoms with van der Waals surface area (Å²) in [6, 6.07) is 8.38. The topological polar surface area (TPSA) is 64.4 Å². The van der Waals surface area contributed by atoms with Gasteiger partial charge < -0.3 is 9.30 Å². The lowest BCUT2D eigenvalue weighted by Crippen LogP contribution is -2.23. The van der Waals surface area contributed by atoms with Crippen molar-refractivity contribution in [1.29, 1.82) is 0 Å². The zero-order chi connectivity index (χ0) is 21.4. The highest BCUT2D eigenvalue weighted by Crippen LogP contribution is 2.38. The van der Waals surface area contributed by atoms with Crippen LogP contribution in [0.4, 0.5) is 15.2 Å². The van der Waals surface area contributed by atoms with E-state index in [2.05, 4.69) is 9.55 Å². The number of halogens is 1. The van der Waals surface area contributed by atoms with Crippen LogP contribution in [0.25, 0.3) is 0 Å². The van der Waals surface area contributed by atoms with Crippen LogP contribution in [-0.2, 0) is 16.1 Å². The first kappa shape index (κ1) is 20.3. The molecular weight excluding hydrogens is 405 g/mol. The Bertz CT molecular complexity index is 1120. The fourth-order valence-corrected chi connectivity index (χ4v) is 4.47. The van der Waals surface area contributed by atoms with Crippen LogP contribution in [0.15, 0.2) is 35.7 Å². The van der Waals surface area contributed by atoms with E-state index in [1.165, 1.54) is 35.3 Å². The van der Waals surface area contributed by atoms with Gasteiger partial charge in [-0.2, -0.15) is 0 Å². The fourth-order valence-electron chi connectivity index (χ4n) is 3.60. The Balaban J connectivity index is 1.48. The molecule has 1 aliphatic rings. The number of nitrogens with zero attached hydrogens (tertiary/aromatic N) is 3. The Hall–Kier alpha value is -3.00. The molecule has 0 saturated heterocycles. The van der Waals surface area contributed by atoms with Crippen LogP contribution >= 0.6 is 11.3 Å². The van der Waals surface area contributed by atoms with Gasteiger partial charge in [0.05, 0.1) is 16.9 Å². The molecule has 156 valence electrons. The summed E-state index contributed by atoms with van der Waals surface area (Å²) in [5.74, 6) is -1.27. The van der Waals surface area contributed by atoms with Crippen LogP contribution in [0.3, 0.4) is 0 Å². The normalized spacial score (nSPS) is 13.3. The third-order valence-corrected chi connectivity index (χ3v) is 5.98. The molecule has 0 aliphatic heterocycles. The van der Waals surface area contributed by atoms with Crippen molar-refractivity contribution < 1.29 is 18.7 Å².